The first kappa shape index (κ1) is 24.2. The van der Waals surface area contributed by atoms with Crippen molar-refractivity contribution < 1.29 is 23.8 Å². The quantitative estimate of drug-likeness (QED) is 0.165. The molecular formula is C27H17Cl2N3O6. The van der Waals surface area contributed by atoms with Crippen molar-refractivity contribution in [2.75, 3.05) is 9.96 Å². The second-order valence-electron chi connectivity index (χ2n) is 8.77. The van der Waals surface area contributed by atoms with Crippen LogP contribution < -0.4 is 9.96 Å². The summed E-state index contributed by atoms with van der Waals surface area (Å²) in [6.45, 7) is 0. The van der Waals surface area contributed by atoms with E-state index >= 15 is 0 Å². The highest BCUT2D eigenvalue weighted by molar-refractivity contribution is 6.31. The molecule has 0 saturated carbocycles. The Morgan fingerprint density at radius 1 is 0.816 bits per heavy atom. The van der Waals surface area contributed by atoms with Crippen LogP contribution in [0, 0.1) is 16.0 Å². The lowest BCUT2D eigenvalue weighted by Crippen LogP contribution is -2.37. The van der Waals surface area contributed by atoms with Crippen molar-refractivity contribution in [3.8, 4) is 11.3 Å². The van der Waals surface area contributed by atoms with Crippen LogP contribution in [0.15, 0.2) is 89.3 Å². The molecule has 0 bridgehead atoms. The van der Waals surface area contributed by atoms with E-state index in [1.165, 1.54) is 23.3 Å². The number of furan rings is 1. The van der Waals surface area contributed by atoms with E-state index in [1.807, 2.05) is 6.07 Å². The maximum absolute atomic E-state index is 13.7. The maximum Gasteiger partial charge on any atom is 0.281 e. The maximum atomic E-state index is 13.7. The summed E-state index contributed by atoms with van der Waals surface area (Å²) >= 11 is 12.0. The van der Waals surface area contributed by atoms with E-state index < -0.39 is 34.8 Å². The third kappa shape index (κ3) is 3.92. The number of carbonyl (C=O) groups excluding carboxylic acids is 2. The molecule has 6 rings (SSSR count). The summed E-state index contributed by atoms with van der Waals surface area (Å²) in [6, 6.07) is 22.0. The largest absolute Gasteiger partial charge is 0.458 e. The molecule has 4 aromatic rings. The minimum absolute atomic E-state index is 0.214. The molecule has 3 aromatic carbocycles. The molecule has 11 heteroatoms. The van der Waals surface area contributed by atoms with Gasteiger partial charge in [0.25, 0.3) is 11.6 Å². The number of nitrogens with zero attached hydrogens (tertiary/aromatic N) is 3. The zero-order valence-corrected chi connectivity index (χ0v) is 20.9. The van der Waals surface area contributed by atoms with Gasteiger partial charge in [0.15, 0.2) is 6.10 Å². The fourth-order valence-electron chi connectivity index (χ4n) is 4.87. The Morgan fingerprint density at radius 2 is 1.53 bits per heavy atom. The molecule has 0 N–H and O–H groups in total. The van der Waals surface area contributed by atoms with Crippen LogP contribution in [0.2, 0.25) is 10.0 Å². The first-order valence-corrected chi connectivity index (χ1v) is 12.3. The number of para-hydroxylation sites is 1. The number of amides is 2. The molecule has 0 aliphatic carbocycles. The molecule has 9 nitrogen and oxygen atoms in total. The zero-order chi connectivity index (χ0) is 26.6. The normalized spacial score (nSPS) is 20.7. The number of hydrogen-bond donors (Lipinski definition) is 0. The van der Waals surface area contributed by atoms with Gasteiger partial charge in [-0.05, 0) is 60.7 Å². The van der Waals surface area contributed by atoms with Gasteiger partial charge in [0.05, 0.1) is 21.9 Å². The lowest BCUT2D eigenvalue weighted by molar-refractivity contribution is -0.384. The zero-order valence-electron chi connectivity index (χ0n) is 19.4. The van der Waals surface area contributed by atoms with Gasteiger partial charge in [0, 0.05) is 16.1 Å². The van der Waals surface area contributed by atoms with Crippen LogP contribution >= 0.6 is 23.2 Å². The first-order valence-electron chi connectivity index (χ1n) is 11.5. The molecule has 2 aliphatic heterocycles. The Kier molecular flexibility index (Phi) is 5.91. The van der Waals surface area contributed by atoms with Gasteiger partial charge in [-0.3, -0.25) is 24.5 Å². The molecule has 2 fully saturated rings. The first-order chi connectivity index (χ1) is 18.3. The summed E-state index contributed by atoms with van der Waals surface area (Å²) in [4.78, 5) is 45.4. The highest BCUT2D eigenvalue weighted by atomic mass is 35.5. The van der Waals surface area contributed by atoms with E-state index in [-0.39, 0.29) is 22.0 Å². The van der Waals surface area contributed by atoms with Crippen LogP contribution in [0.1, 0.15) is 11.8 Å². The summed E-state index contributed by atoms with van der Waals surface area (Å²) < 4.78 is 6.12. The summed E-state index contributed by atoms with van der Waals surface area (Å²) in [6.07, 6.45) is -1.10. The molecule has 3 atom stereocenters. The van der Waals surface area contributed by atoms with Gasteiger partial charge in [-0.2, -0.15) is 0 Å². The fraction of sp³-hybridized carbons (Fsp3) is 0.111. The van der Waals surface area contributed by atoms with Gasteiger partial charge >= 0.3 is 0 Å². The Balaban J connectivity index is 1.43. The van der Waals surface area contributed by atoms with Crippen LogP contribution in [0.25, 0.3) is 11.3 Å². The number of carbonyl (C=O) groups is 2. The number of nitro groups is 1. The van der Waals surface area contributed by atoms with Crippen molar-refractivity contribution in [3.05, 3.63) is 111 Å². The lowest BCUT2D eigenvalue weighted by atomic mass is 9.94. The van der Waals surface area contributed by atoms with E-state index in [1.54, 1.807) is 60.7 Å². The number of hydrogen-bond acceptors (Lipinski definition) is 7. The SMILES string of the molecule is O=C1[C@@H]2[C@@H](c3ccc(-c4ccc(Cl)cc4[N+](=O)[O-])o3)N(c3ccccc3)O[C@H]2C(=O)N1c1ccc(Cl)cc1. The van der Waals surface area contributed by atoms with Crippen molar-refractivity contribution in [1.82, 2.24) is 0 Å². The summed E-state index contributed by atoms with van der Waals surface area (Å²) in [5.41, 5.74) is 0.995. The van der Waals surface area contributed by atoms with Crippen molar-refractivity contribution in [3.63, 3.8) is 0 Å². The third-order valence-electron chi connectivity index (χ3n) is 6.55. The standard InChI is InChI=1S/C27H17Cl2N3O6/c28-15-6-9-17(10-7-15)30-26(33)23-24(31(38-25(23)27(30)34)18-4-2-1-3-5-18)22-13-12-21(37-22)19-11-8-16(29)14-20(19)32(35)36/h1-14,23-25H/t23-,24-,25-/m1/s1. The number of imide groups is 1. The molecule has 2 saturated heterocycles. The number of rotatable bonds is 5. The summed E-state index contributed by atoms with van der Waals surface area (Å²) in [7, 11) is 0. The van der Waals surface area contributed by atoms with Gasteiger partial charge in [-0.1, -0.05) is 41.4 Å². The molecule has 190 valence electrons. The molecule has 2 amide bonds. The van der Waals surface area contributed by atoms with E-state index in [0.29, 0.717) is 22.2 Å². The number of halogens is 2. The minimum Gasteiger partial charge on any atom is -0.458 e. The molecular weight excluding hydrogens is 533 g/mol. The van der Waals surface area contributed by atoms with Crippen molar-refractivity contribution in [2.45, 2.75) is 12.1 Å². The van der Waals surface area contributed by atoms with Gasteiger partial charge in [-0.25, -0.2) is 9.96 Å². The second-order valence-corrected chi connectivity index (χ2v) is 9.64. The van der Waals surface area contributed by atoms with Gasteiger partial charge in [0.1, 0.15) is 23.5 Å². The Morgan fingerprint density at radius 3 is 2.24 bits per heavy atom. The van der Waals surface area contributed by atoms with Crippen LogP contribution in [-0.4, -0.2) is 22.8 Å². The van der Waals surface area contributed by atoms with Crippen LogP contribution in [0.3, 0.4) is 0 Å². The topological polar surface area (TPSA) is 106 Å². The van der Waals surface area contributed by atoms with E-state index in [4.69, 9.17) is 32.5 Å². The molecule has 0 unspecified atom stereocenters. The van der Waals surface area contributed by atoms with Crippen LogP contribution in [-0.2, 0) is 14.4 Å². The van der Waals surface area contributed by atoms with Gasteiger partial charge in [0.2, 0.25) is 5.91 Å². The van der Waals surface area contributed by atoms with Crippen molar-refractivity contribution in [1.29, 1.82) is 0 Å². The summed E-state index contributed by atoms with van der Waals surface area (Å²) in [5.74, 6) is -1.38. The predicted octanol–water partition coefficient (Wildman–Crippen LogP) is 6.21. The Bertz CT molecular complexity index is 1570. The predicted molar refractivity (Wildman–Crippen MR) is 140 cm³/mol. The number of hydroxylamine groups is 1. The highest BCUT2D eigenvalue weighted by Gasteiger charge is 2.61. The monoisotopic (exact) mass is 549 g/mol. The minimum atomic E-state index is -1.10. The molecule has 38 heavy (non-hydrogen) atoms. The number of benzene rings is 3. The smallest absolute Gasteiger partial charge is 0.281 e. The average molecular weight is 550 g/mol. The van der Waals surface area contributed by atoms with Gasteiger partial charge in [-0.15, -0.1) is 0 Å². The number of fused-ring (bicyclic) bond motifs is 1. The van der Waals surface area contributed by atoms with Crippen molar-refractivity contribution in [2.24, 2.45) is 5.92 Å². The lowest BCUT2D eigenvalue weighted by Gasteiger charge is -2.27. The van der Waals surface area contributed by atoms with Crippen molar-refractivity contribution >= 4 is 52.1 Å². The summed E-state index contributed by atoms with van der Waals surface area (Å²) in [5, 5.41) is 13.8. The highest BCUT2D eigenvalue weighted by Crippen LogP contribution is 2.48. The molecule has 3 heterocycles. The Labute approximate surface area is 225 Å². The fourth-order valence-corrected chi connectivity index (χ4v) is 5.16. The average Bonchev–Trinajstić information content (AvgIpc) is 3.60. The molecule has 1 aromatic heterocycles. The van der Waals surface area contributed by atoms with E-state index in [2.05, 4.69) is 0 Å². The van der Waals surface area contributed by atoms with Gasteiger partial charge < -0.3 is 4.42 Å². The second kappa shape index (κ2) is 9.29. The van der Waals surface area contributed by atoms with Crippen LogP contribution in [0.4, 0.5) is 17.1 Å². The molecule has 0 spiro atoms. The molecule has 0 radical (unpaired) electrons. The van der Waals surface area contributed by atoms with E-state index in [0.717, 1.165) is 4.90 Å². The van der Waals surface area contributed by atoms with Crippen LogP contribution in [0.5, 0.6) is 0 Å². The van der Waals surface area contributed by atoms with E-state index in [9.17, 15) is 19.7 Å². The third-order valence-corrected chi connectivity index (χ3v) is 7.04. The number of nitro benzene ring substituents is 1. The number of anilines is 2. The Hall–Kier alpha value is -4.18. The molecule has 2 aliphatic rings.